The standard InChI is InChI=1S/C23H20F4N2O4/c1-13-18(28-22(31)20-11-14-10-16(24)4-7-19(14)33-20)8-9-29(13)21(30)12-32-17-5-2-15(3-6-17)23(25,26)27/h2-7,10-11,13,18H,8-9,12H2,1H3,(H,28,31)/t13-,18-/m1/s1. The van der Waals surface area contributed by atoms with Crippen LogP contribution in [-0.4, -0.2) is 41.9 Å². The molecule has 0 unspecified atom stereocenters. The fraction of sp³-hybridized carbons (Fsp3) is 0.304. The van der Waals surface area contributed by atoms with Crippen molar-refractivity contribution in [2.24, 2.45) is 0 Å². The Hall–Kier alpha value is -3.56. The largest absolute Gasteiger partial charge is 0.484 e. The topological polar surface area (TPSA) is 71.8 Å². The minimum Gasteiger partial charge on any atom is -0.484 e. The van der Waals surface area contributed by atoms with Crippen LogP contribution in [-0.2, 0) is 11.0 Å². The molecule has 0 saturated carbocycles. The van der Waals surface area contributed by atoms with Crippen LogP contribution in [0.2, 0.25) is 0 Å². The summed E-state index contributed by atoms with van der Waals surface area (Å²) in [5, 5.41) is 3.30. The molecule has 33 heavy (non-hydrogen) atoms. The Morgan fingerprint density at radius 2 is 1.88 bits per heavy atom. The number of rotatable bonds is 5. The van der Waals surface area contributed by atoms with Crippen molar-refractivity contribution in [1.29, 1.82) is 0 Å². The van der Waals surface area contributed by atoms with Crippen molar-refractivity contribution >= 4 is 22.8 Å². The first-order valence-corrected chi connectivity index (χ1v) is 10.2. The molecule has 4 rings (SSSR count). The van der Waals surface area contributed by atoms with Crippen molar-refractivity contribution in [3.05, 3.63) is 65.7 Å². The summed E-state index contributed by atoms with van der Waals surface area (Å²) < 4.78 is 62.1. The number of carbonyl (C=O) groups is 2. The van der Waals surface area contributed by atoms with Crippen molar-refractivity contribution in [2.75, 3.05) is 13.2 Å². The summed E-state index contributed by atoms with van der Waals surface area (Å²) in [5.74, 6) is -1.07. The van der Waals surface area contributed by atoms with Crippen molar-refractivity contribution < 1.29 is 36.3 Å². The molecule has 3 aromatic rings. The van der Waals surface area contributed by atoms with Crippen LogP contribution >= 0.6 is 0 Å². The zero-order chi connectivity index (χ0) is 23.8. The van der Waals surface area contributed by atoms with Crippen molar-refractivity contribution in [1.82, 2.24) is 10.2 Å². The second-order valence-corrected chi connectivity index (χ2v) is 7.80. The third kappa shape index (κ3) is 4.94. The third-order valence-corrected chi connectivity index (χ3v) is 5.64. The van der Waals surface area contributed by atoms with Gasteiger partial charge in [-0.05, 0) is 61.9 Å². The van der Waals surface area contributed by atoms with Crippen LogP contribution in [0.4, 0.5) is 17.6 Å². The van der Waals surface area contributed by atoms with E-state index in [1.165, 1.54) is 24.3 Å². The molecule has 1 fully saturated rings. The van der Waals surface area contributed by atoms with Gasteiger partial charge in [-0.2, -0.15) is 13.2 Å². The second kappa shape index (κ2) is 8.76. The van der Waals surface area contributed by atoms with Crippen molar-refractivity contribution in [3.8, 4) is 5.75 Å². The van der Waals surface area contributed by atoms with Crippen LogP contribution in [0.5, 0.6) is 5.75 Å². The summed E-state index contributed by atoms with van der Waals surface area (Å²) >= 11 is 0. The number of carbonyl (C=O) groups excluding carboxylic acids is 2. The van der Waals surface area contributed by atoms with Crippen LogP contribution in [0, 0.1) is 5.82 Å². The highest BCUT2D eigenvalue weighted by atomic mass is 19.4. The summed E-state index contributed by atoms with van der Waals surface area (Å²) in [4.78, 5) is 26.7. The molecule has 0 spiro atoms. The number of furan rings is 1. The molecule has 0 radical (unpaired) electrons. The van der Waals surface area contributed by atoms with Crippen LogP contribution in [0.3, 0.4) is 0 Å². The number of fused-ring (bicyclic) bond motifs is 1. The minimum absolute atomic E-state index is 0.0400. The van der Waals surface area contributed by atoms with E-state index in [1.54, 1.807) is 11.8 Å². The third-order valence-electron chi connectivity index (χ3n) is 5.64. The molecule has 1 N–H and O–H groups in total. The Balaban J connectivity index is 1.32. The molecule has 0 aliphatic carbocycles. The van der Waals surface area contributed by atoms with Gasteiger partial charge in [0.15, 0.2) is 12.4 Å². The van der Waals surface area contributed by atoms with Crippen molar-refractivity contribution in [2.45, 2.75) is 31.6 Å². The van der Waals surface area contributed by atoms with Crippen LogP contribution < -0.4 is 10.1 Å². The van der Waals surface area contributed by atoms with E-state index in [9.17, 15) is 27.2 Å². The van der Waals surface area contributed by atoms with Gasteiger partial charge in [-0.25, -0.2) is 4.39 Å². The Bertz CT molecular complexity index is 1170. The highest BCUT2D eigenvalue weighted by molar-refractivity contribution is 5.96. The predicted octanol–water partition coefficient (Wildman–Crippen LogP) is 4.39. The average Bonchev–Trinajstić information content (AvgIpc) is 3.35. The number of halogens is 4. The zero-order valence-electron chi connectivity index (χ0n) is 17.5. The maximum Gasteiger partial charge on any atom is 0.416 e. The van der Waals surface area contributed by atoms with Gasteiger partial charge in [-0.15, -0.1) is 0 Å². The van der Waals surface area contributed by atoms with Crippen LogP contribution in [0.25, 0.3) is 11.0 Å². The quantitative estimate of drug-likeness (QED) is 0.569. The van der Waals surface area contributed by atoms with Crippen molar-refractivity contribution in [3.63, 3.8) is 0 Å². The van der Waals surface area contributed by atoms with Gasteiger partial charge in [-0.1, -0.05) is 0 Å². The molecule has 6 nitrogen and oxygen atoms in total. The average molecular weight is 464 g/mol. The molecular weight excluding hydrogens is 444 g/mol. The summed E-state index contributed by atoms with van der Waals surface area (Å²) in [6.07, 6.45) is -3.94. The Morgan fingerprint density at radius 3 is 2.58 bits per heavy atom. The fourth-order valence-corrected chi connectivity index (χ4v) is 3.82. The van der Waals surface area contributed by atoms with Gasteiger partial charge in [0.2, 0.25) is 0 Å². The maximum absolute atomic E-state index is 13.3. The summed E-state index contributed by atoms with van der Waals surface area (Å²) in [7, 11) is 0. The molecule has 1 aliphatic heterocycles. The number of alkyl halides is 3. The van der Waals surface area contributed by atoms with Crippen LogP contribution in [0.1, 0.15) is 29.5 Å². The van der Waals surface area contributed by atoms with E-state index in [2.05, 4.69) is 5.32 Å². The van der Waals surface area contributed by atoms with Gasteiger partial charge in [-0.3, -0.25) is 9.59 Å². The van der Waals surface area contributed by atoms with E-state index < -0.39 is 23.5 Å². The normalized spacial score (nSPS) is 18.5. The van der Waals surface area contributed by atoms with Gasteiger partial charge in [0.1, 0.15) is 17.1 Å². The lowest BCUT2D eigenvalue weighted by atomic mass is 10.1. The zero-order valence-corrected chi connectivity index (χ0v) is 17.5. The van der Waals surface area contributed by atoms with E-state index in [-0.39, 0.29) is 36.1 Å². The van der Waals surface area contributed by atoms with E-state index in [4.69, 9.17) is 9.15 Å². The number of nitrogens with one attached hydrogen (secondary N) is 1. The summed E-state index contributed by atoms with van der Waals surface area (Å²) in [6.45, 7) is 1.82. The van der Waals surface area contributed by atoms with E-state index in [0.29, 0.717) is 23.9 Å². The number of likely N-dealkylation sites (tertiary alicyclic amines) is 1. The summed E-state index contributed by atoms with van der Waals surface area (Å²) in [6, 6.07) is 8.82. The first kappa shape index (κ1) is 22.6. The van der Waals surface area contributed by atoms with E-state index in [0.717, 1.165) is 24.3 Å². The molecule has 0 bridgehead atoms. The Labute approximate surface area is 186 Å². The lowest BCUT2D eigenvalue weighted by Crippen LogP contribution is -2.46. The minimum atomic E-state index is -4.45. The van der Waals surface area contributed by atoms with Gasteiger partial charge in [0, 0.05) is 18.0 Å². The van der Waals surface area contributed by atoms with E-state index in [1.807, 2.05) is 0 Å². The molecule has 10 heteroatoms. The fourth-order valence-electron chi connectivity index (χ4n) is 3.82. The number of hydrogen-bond acceptors (Lipinski definition) is 4. The number of hydrogen-bond donors (Lipinski definition) is 1. The number of amides is 2. The molecule has 2 amide bonds. The van der Waals surface area contributed by atoms with Gasteiger partial charge in [0.25, 0.3) is 11.8 Å². The highest BCUT2D eigenvalue weighted by Crippen LogP contribution is 2.30. The molecule has 2 aromatic carbocycles. The first-order valence-electron chi connectivity index (χ1n) is 10.2. The Morgan fingerprint density at radius 1 is 1.15 bits per heavy atom. The second-order valence-electron chi connectivity index (χ2n) is 7.80. The number of ether oxygens (including phenoxy) is 1. The number of benzene rings is 2. The lowest BCUT2D eigenvalue weighted by molar-refractivity contribution is -0.138. The van der Waals surface area contributed by atoms with E-state index >= 15 is 0 Å². The monoisotopic (exact) mass is 464 g/mol. The molecule has 2 heterocycles. The molecule has 1 aliphatic rings. The molecular formula is C23H20F4N2O4. The smallest absolute Gasteiger partial charge is 0.416 e. The van der Waals surface area contributed by atoms with Gasteiger partial charge in [0.05, 0.1) is 11.6 Å². The first-order chi connectivity index (χ1) is 15.6. The molecule has 1 saturated heterocycles. The van der Waals surface area contributed by atoms with Crippen LogP contribution in [0.15, 0.2) is 52.9 Å². The lowest BCUT2D eigenvalue weighted by Gasteiger charge is -2.25. The SMILES string of the molecule is C[C@@H]1[C@H](NC(=O)c2cc3cc(F)ccc3o2)CCN1C(=O)COc1ccc(C(F)(F)F)cc1. The Kier molecular flexibility index (Phi) is 6.01. The van der Waals surface area contributed by atoms with Gasteiger partial charge < -0.3 is 19.4 Å². The maximum atomic E-state index is 13.3. The summed E-state index contributed by atoms with van der Waals surface area (Å²) in [5.41, 5.74) is -0.416. The predicted molar refractivity (Wildman–Crippen MR) is 110 cm³/mol. The molecule has 2 atom stereocenters. The molecule has 174 valence electrons. The molecule has 1 aromatic heterocycles. The number of nitrogens with zero attached hydrogens (tertiary/aromatic N) is 1. The highest BCUT2D eigenvalue weighted by Gasteiger charge is 2.35. The van der Waals surface area contributed by atoms with Gasteiger partial charge >= 0.3 is 6.18 Å².